The van der Waals surface area contributed by atoms with E-state index in [2.05, 4.69) is 33.0 Å². The van der Waals surface area contributed by atoms with E-state index < -0.39 is 0 Å². The molecule has 0 saturated heterocycles. The smallest absolute Gasteiger partial charge is 0.319 e. The maximum Gasteiger partial charge on any atom is 0.319 e. The number of carbonyl (C=O) groups excluding carboxylic acids is 1. The van der Waals surface area contributed by atoms with Gasteiger partial charge in [0.1, 0.15) is 11.0 Å². The van der Waals surface area contributed by atoms with Crippen molar-refractivity contribution in [1.29, 1.82) is 0 Å². The Bertz CT molecular complexity index is 542. The van der Waals surface area contributed by atoms with Crippen LogP contribution >= 0.6 is 11.8 Å². The molecule has 1 heterocycles. The fourth-order valence-electron chi connectivity index (χ4n) is 1.58. The van der Waals surface area contributed by atoms with Crippen molar-refractivity contribution in [2.24, 2.45) is 0 Å². The van der Waals surface area contributed by atoms with Crippen LogP contribution in [-0.2, 0) is 0 Å². The number of amides is 2. The van der Waals surface area contributed by atoms with Crippen molar-refractivity contribution in [1.82, 2.24) is 20.7 Å². The van der Waals surface area contributed by atoms with Gasteiger partial charge >= 0.3 is 6.03 Å². The predicted octanol–water partition coefficient (Wildman–Crippen LogP) is 2.22. The van der Waals surface area contributed by atoms with Gasteiger partial charge in [0.05, 0.1) is 0 Å². The number of fused-ring (bicyclic) bond motifs is 1. The lowest BCUT2D eigenvalue weighted by atomic mass is 10.3. The van der Waals surface area contributed by atoms with Crippen molar-refractivity contribution >= 4 is 34.5 Å². The largest absolute Gasteiger partial charge is 0.337 e. The topological polar surface area (TPSA) is 82.7 Å². The molecule has 2 aromatic rings. The van der Waals surface area contributed by atoms with Crippen molar-refractivity contribution < 1.29 is 4.79 Å². The van der Waals surface area contributed by atoms with Gasteiger partial charge in [-0.05, 0) is 30.4 Å². The zero-order valence-corrected chi connectivity index (χ0v) is 11.6. The van der Waals surface area contributed by atoms with Gasteiger partial charge in [0.2, 0.25) is 0 Å². The molecule has 0 atom stereocenters. The number of nitrogens with one attached hydrogen (secondary N) is 3. The Morgan fingerprint density at radius 2 is 2.16 bits per heavy atom. The highest BCUT2D eigenvalue weighted by Gasteiger charge is 2.03. The van der Waals surface area contributed by atoms with Gasteiger partial charge in [-0.3, -0.25) is 0 Å². The van der Waals surface area contributed by atoms with Gasteiger partial charge in [0.15, 0.2) is 0 Å². The zero-order valence-electron chi connectivity index (χ0n) is 10.8. The van der Waals surface area contributed by atoms with Crippen molar-refractivity contribution in [3.05, 3.63) is 18.2 Å². The first-order chi connectivity index (χ1) is 9.29. The van der Waals surface area contributed by atoms with E-state index in [1.165, 1.54) is 0 Å². The van der Waals surface area contributed by atoms with Gasteiger partial charge in [-0.25, -0.2) is 4.79 Å². The lowest BCUT2D eigenvalue weighted by molar-refractivity contribution is 0.252. The highest BCUT2D eigenvalue weighted by Crippen LogP contribution is 2.14. The highest BCUT2D eigenvalue weighted by molar-refractivity contribution is 7.99. The summed E-state index contributed by atoms with van der Waals surface area (Å²) in [5.41, 5.74) is 2.22. The number of nitrogens with zero attached hydrogens (tertiary/aromatic N) is 2. The minimum absolute atomic E-state index is 0.194. The van der Waals surface area contributed by atoms with Crippen molar-refractivity contribution in [3.63, 3.8) is 0 Å². The molecule has 1 aromatic carbocycles. The molecule has 0 aliphatic heterocycles. The fraction of sp³-hybridized carbons (Fsp3) is 0.417. The number of rotatable bonds is 6. The summed E-state index contributed by atoms with van der Waals surface area (Å²) >= 11 is 1.84. The van der Waals surface area contributed by atoms with Gasteiger partial charge in [-0.2, -0.15) is 27.2 Å². The van der Waals surface area contributed by atoms with Gasteiger partial charge in [-0.15, -0.1) is 0 Å². The number of hydrogen-bond donors (Lipinski definition) is 3. The van der Waals surface area contributed by atoms with Crippen molar-refractivity contribution in [3.8, 4) is 0 Å². The molecule has 3 N–H and O–H groups in total. The van der Waals surface area contributed by atoms with Crippen LogP contribution in [0.2, 0.25) is 0 Å². The maximum absolute atomic E-state index is 11.6. The number of anilines is 1. The van der Waals surface area contributed by atoms with Crippen LogP contribution < -0.4 is 10.6 Å². The molecular weight excluding hydrogens is 262 g/mol. The molecule has 6 nitrogen and oxygen atoms in total. The number of aromatic amines is 1. The first-order valence-corrected chi connectivity index (χ1v) is 7.38. The van der Waals surface area contributed by atoms with Crippen LogP contribution in [0.3, 0.4) is 0 Å². The lowest BCUT2D eigenvalue weighted by Crippen LogP contribution is -2.30. The summed E-state index contributed by atoms with van der Waals surface area (Å²) in [5.74, 6) is 2.07. The Kier molecular flexibility index (Phi) is 5.02. The molecule has 19 heavy (non-hydrogen) atoms. The molecule has 102 valence electrons. The quantitative estimate of drug-likeness (QED) is 0.708. The minimum Gasteiger partial charge on any atom is -0.337 e. The second kappa shape index (κ2) is 6.98. The van der Waals surface area contributed by atoms with Gasteiger partial charge in [0.25, 0.3) is 0 Å². The Hall–Kier alpha value is -1.76. The van der Waals surface area contributed by atoms with Crippen LogP contribution in [-0.4, -0.2) is 39.5 Å². The Morgan fingerprint density at radius 3 is 3.00 bits per heavy atom. The average molecular weight is 279 g/mol. The number of hydrogen-bond acceptors (Lipinski definition) is 4. The first-order valence-electron chi connectivity index (χ1n) is 6.22. The summed E-state index contributed by atoms with van der Waals surface area (Å²) in [6.07, 6.45) is 1.16. The second-order valence-corrected chi connectivity index (χ2v) is 5.25. The molecular formula is C12H17N5OS. The Morgan fingerprint density at radius 1 is 1.32 bits per heavy atom. The van der Waals surface area contributed by atoms with E-state index in [0.717, 1.165) is 29.0 Å². The normalized spacial score (nSPS) is 10.6. The van der Waals surface area contributed by atoms with E-state index in [1.54, 1.807) is 12.1 Å². The average Bonchev–Trinajstić information content (AvgIpc) is 2.86. The number of aromatic nitrogens is 3. The van der Waals surface area contributed by atoms with E-state index in [9.17, 15) is 4.79 Å². The third-order valence-corrected chi connectivity index (χ3v) is 3.64. The molecule has 0 fully saturated rings. The molecule has 1 aromatic heterocycles. The number of carbonyl (C=O) groups is 1. The second-order valence-electron chi connectivity index (χ2n) is 4.02. The number of benzene rings is 1. The van der Waals surface area contributed by atoms with Gasteiger partial charge < -0.3 is 10.6 Å². The first kappa shape index (κ1) is 13.7. The van der Waals surface area contributed by atoms with E-state index in [4.69, 9.17) is 0 Å². The molecule has 0 spiro atoms. The van der Waals surface area contributed by atoms with Crippen LogP contribution in [0.15, 0.2) is 18.2 Å². The number of urea groups is 1. The molecule has 2 rings (SSSR count). The summed E-state index contributed by atoms with van der Waals surface area (Å²) in [5, 5.41) is 16.1. The summed E-state index contributed by atoms with van der Waals surface area (Å²) < 4.78 is 0. The van der Waals surface area contributed by atoms with Gasteiger partial charge in [-0.1, -0.05) is 6.92 Å². The summed E-state index contributed by atoms with van der Waals surface area (Å²) in [4.78, 5) is 11.6. The van der Waals surface area contributed by atoms with E-state index in [1.807, 2.05) is 17.8 Å². The van der Waals surface area contributed by atoms with E-state index in [0.29, 0.717) is 12.2 Å². The van der Waals surface area contributed by atoms with Crippen LogP contribution in [0.4, 0.5) is 10.5 Å². The molecule has 0 saturated carbocycles. The third-order valence-electron chi connectivity index (χ3n) is 2.45. The molecule has 0 unspecified atom stereocenters. The number of thioether (sulfide) groups is 1. The Labute approximate surface area is 115 Å². The van der Waals surface area contributed by atoms with Crippen LogP contribution in [0, 0.1) is 0 Å². The van der Waals surface area contributed by atoms with Crippen LogP contribution in [0.25, 0.3) is 11.0 Å². The lowest BCUT2D eigenvalue weighted by Gasteiger charge is -2.07. The van der Waals surface area contributed by atoms with E-state index in [-0.39, 0.29) is 6.03 Å². The minimum atomic E-state index is -0.194. The van der Waals surface area contributed by atoms with Crippen molar-refractivity contribution in [2.45, 2.75) is 13.3 Å². The molecule has 2 amide bonds. The highest BCUT2D eigenvalue weighted by atomic mass is 32.2. The maximum atomic E-state index is 11.6. The summed E-state index contributed by atoms with van der Waals surface area (Å²) in [6.45, 7) is 2.82. The zero-order chi connectivity index (χ0) is 13.5. The van der Waals surface area contributed by atoms with E-state index >= 15 is 0 Å². The molecule has 0 aliphatic rings. The summed E-state index contributed by atoms with van der Waals surface area (Å²) in [7, 11) is 0. The third kappa shape index (κ3) is 4.13. The predicted molar refractivity (Wildman–Crippen MR) is 78.5 cm³/mol. The Balaban J connectivity index is 1.78. The van der Waals surface area contributed by atoms with Crippen LogP contribution in [0.1, 0.15) is 13.3 Å². The number of H-pyrrole nitrogens is 1. The monoisotopic (exact) mass is 279 g/mol. The standard InChI is InChI=1S/C12H17N5OS/c1-2-6-19-7-5-13-12(18)14-9-3-4-10-11(8-9)16-17-15-10/h3-4,8H,2,5-7H2,1H3,(H2,13,14,18)(H,15,16,17). The fourth-order valence-corrected chi connectivity index (χ4v) is 2.32. The summed E-state index contributed by atoms with van der Waals surface area (Å²) in [6, 6.07) is 5.20. The molecule has 0 aliphatic carbocycles. The van der Waals surface area contributed by atoms with Gasteiger partial charge in [0, 0.05) is 18.0 Å². The molecule has 0 radical (unpaired) electrons. The van der Waals surface area contributed by atoms with Crippen LogP contribution in [0.5, 0.6) is 0 Å². The molecule has 0 bridgehead atoms. The van der Waals surface area contributed by atoms with Crippen molar-refractivity contribution in [2.75, 3.05) is 23.4 Å². The molecule has 7 heteroatoms. The SMILES string of the molecule is CCCSCCNC(=O)Nc1ccc2n[nH]nc2c1.